The number of carbonyl (C=O) groups excluding carboxylic acids is 2. The van der Waals surface area contributed by atoms with E-state index < -0.39 is 5.25 Å². The lowest BCUT2D eigenvalue weighted by Crippen LogP contribution is -2.33. The Morgan fingerprint density at radius 1 is 1.00 bits per heavy atom. The van der Waals surface area contributed by atoms with Gasteiger partial charge >= 0.3 is 0 Å². The monoisotopic (exact) mass is 499 g/mol. The van der Waals surface area contributed by atoms with Crippen LogP contribution in [-0.4, -0.2) is 29.0 Å². The molecule has 3 aromatic carbocycles. The van der Waals surface area contributed by atoms with Crippen LogP contribution in [0.3, 0.4) is 0 Å². The van der Waals surface area contributed by atoms with E-state index in [0.717, 1.165) is 22.4 Å². The normalized spacial score (nSPS) is 16.3. The SMILES string of the molecule is Cc1ccc(NC(=O)C(C)SC2=N/C(=C\c3ccc4c(c3)OCO4)C(=O)N2c2ccc(C)cc2)cc1. The fourth-order valence-corrected chi connectivity index (χ4v) is 4.68. The Bertz CT molecular complexity index is 1380. The molecule has 0 fully saturated rings. The van der Waals surface area contributed by atoms with Gasteiger partial charge in [0.15, 0.2) is 16.7 Å². The number of hydrogen-bond donors (Lipinski definition) is 1. The van der Waals surface area contributed by atoms with Crippen LogP contribution < -0.4 is 19.7 Å². The summed E-state index contributed by atoms with van der Waals surface area (Å²) in [5.41, 5.74) is 4.66. The van der Waals surface area contributed by atoms with Crippen LogP contribution in [0.25, 0.3) is 6.08 Å². The second-order valence-electron chi connectivity index (χ2n) is 8.63. The highest BCUT2D eigenvalue weighted by Gasteiger charge is 2.34. The number of benzene rings is 3. The molecule has 2 aliphatic rings. The zero-order valence-corrected chi connectivity index (χ0v) is 21.0. The number of amides is 2. The maximum atomic E-state index is 13.5. The van der Waals surface area contributed by atoms with Crippen LogP contribution in [-0.2, 0) is 9.59 Å². The number of carbonyl (C=O) groups is 2. The van der Waals surface area contributed by atoms with Gasteiger partial charge < -0.3 is 14.8 Å². The number of aryl methyl sites for hydroxylation is 2. The van der Waals surface area contributed by atoms with E-state index in [-0.39, 0.29) is 24.3 Å². The van der Waals surface area contributed by atoms with Crippen molar-refractivity contribution < 1.29 is 19.1 Å². The second kappa shape index (κ2) is 9.91. The summed E-state index contributed by atoms with van der Waals surface area (Å²) in [4.78, 5) is 32.6. The highest BCUT2D eigenvalue weighted by molar-refractivity contribution is 8.15. The third-order valence-electron chi connectivity index (χ3n) is 5.79. The van der Waals surface area contributed by atoms with Crippen LogP contribution in [0.15, 0.2) is 77.4 Å². The molecule has 0 aromatic heterocycles. The largest absolute Gasteiger partial charge is 0.454 e. The lowest BCUT2D eigenvalue weighted by molar-refractivity contribution is -0.115. The number of anilines is 2. The standard InChI is InChI=1S/C28H25N3O4S/c1-17-4-9-21(10-5-17)29-26(32)19(3)36-28-30-23(14-20-8-13-24-25(15-20)35-16-34-24)27(33)31(28)22-11-6-18(2)7-12-22/h4-15,19H,16H2,1-3H3,(H,29,32)/b23-14-. The first-order valence-corrected chi connectivity index (χ1v) is 12.4. The second-order valence-corrected chi connectivity index (χ2v) is 9.94. The predicted octanol–water partition coefficient (Wildman–Crippen LogP) is 5.54. The molecule has 0 spiro atoms. The van der Waals surface area contributed by atoms with E-state index in [2.05, 4.69) is 10.3 Å². The summed E-state index contributed by atoms with van der Waals surface area (Å²) < 4.78 is 10.8. The molecule has 8 heteroatoms. The van der Waals surface area contributed by atoms with E-state index in [1.807, 2.05) is 80.6 Å². The van der Waals surface area contributed by atoms with Gasteiger partial charge in [-0.15, -0.1) is 0 Å². The highest BCUT2D eigenvalue weighted by Crippen LogP contribution is 2.35. The molecule has 182 valence electrons. The Labute approximate surface area is 213 Å². The molecule has 7 nitrogen and oxygen atoms in total. The van der Waals surface area contributed by atoms with Crippen molar-refractivity contribution in [2.75, 3.05) is 17.0 Å². The molecule has 2 aliphatic heterocycles. The van der Waals surface area contributed by atoms with Crippen LogP contribution >= 0.6 is 11.8 Å². The van der Waals surface area contributed by atoms with Gasteiger partial charge in [-0.2, -0.15) is 0 Å². The van der Waals surface area contributed by atoms with E-state index in [9.17, 15) is 9.59 Å². The molecule has 2 amide bonds. The first-order chi connectivity index (χ1) is 17.4. The molecule has 2 heterocycles. The van der Waals surface area contributed by atoms with Crippen LogP contribution in [0.4, 0.5) is 11.4 Å². The van der Waals surface area contributed by atoms with E-state index >= 15 is 0 Å². The number of nitrogens with one attached hydrogen (secondary N) is 1. The van der Waals surface area contributed by atoms with Gasteiger partial charge in [0.25, 0.3) is 5.91 Å². The van der Waals surface area contributed by atoms with Crippen LogP contribution in [0.2, 0.25) is 0 Å². The Balaban J connectivity index is 1.42. The van der Waals surface area contributed by atoms with Crippen LogP contribution in [0.1, 0.15) is 23.6 Å². The molecular formula is C28H25N3O4S. The van der Waals surface area contributed by atoms with Crippen LogP contribution in [0.5, 0.6) is 11.5 Å². The molecule has 36 heavy (non-hydrogen) atoms. The van der Waals surface area contributed by atoms with Gasteiger partial charge in [0.05, 0.1) is 10.9 Å². The molecule has 0 saturated heterocycles. The molecule has 5 rings (SSSR count). The van der Waals surface area contributed by atoms with E-state index in [1.54, 1.807) is 17.9 Å². The number of ether oxygens (including phenoxy) is 2. The summed E-state index contributed by atoms with van der Waals surface area (Å²) in [6, 6.07) is 20.7. The average molecular weight is 500 g/mol. The van der Waals surface area contributed by atoms with Gasteiger partial charge in [-0.05, 0) is 68.8 Å². The van der Waals surface area contributed by atoms with Gasteiger partial charge in [0.1, 0.15) is 5.70 Å². The number of nitrogens with zero attached hydrogens (tertiary/aromatic N) is 2. The quantitative estimate of drug-likeness (QED) is 0.467. The van der Waals surface area contributed by atoms with Crippen molar-refractivity contribution in [1.82, 2.24) is 0 Å². The summed E-state index contributed by atoms with van der Waals surface area (Å²) in [7, 11) is 0. The molecule has 0 aliphatic carbocycles. The average Bonchev–Trinajstić information content (AvgIpc) is 3.45. The molecule has 0 bridgehead atoms. The van der Waals surface area contributed by atoms with Crippen molar-refractivity contribution in [2.24, 2.45) is 4.99 Å². The maximum absolute atomic E-state index is 13.5. The number of hydrogen-bond acceptors (Lipinski definition) is 6. The summed E-state index contributed by atoms with van der Waals surface area (Å²) in [5.74, 6) is 0.871. The molecular weight excluding hydrogens is 474 g/mol. The first-order valence-electron chi connectivity index (χ1n) is 11.5. The van der Waals surface area contributed by atoms with Crippen molar-refractivity contribution in [3.63, 3.8) is 0 Å². The maximum Gasteiger partial charge on any atom is 0.283 e. The van der Waals surface area contributed by atoms with Gasteiger partial charge in [-0.1, -0.05) is 53.2 Å². The zero-order valence-electron chi connectivity index (χ0n) is 20.1. The Morgan fingerprint density at radius 2 is 1.67 bits per heavy atom. The van der Waals surface area contributed by atoms with Crippen molar-refractivity contribution >= 4 is 46.2 Å². The number of amidine groups is 1. The minimum atomic E-state index is -0.490. The smallest absolute Gasteiger partial charge is 0.283 e. The van der Waals surface area contributed by atoms with Crippen molar-refractivity contribution in [1.29, 1.82) is 0 Å². The zero-order chi connectivity index (χ0) is 25.2. The third-order valence-corrected chi connectivity index (χ3v) is 6.84. The molecule has 0 radical (unpaired) electrons. The van der Waals surface area contributed by atoms with Gasteiger partial charge in [0, 0.05) is 5.69 Å². The van der Waals surface area contributed by atoms with Crippen molar-refractivity contribution in [3.8, 4) is 11.5 Å². The number of thioether (sulfide) groups is 1. The highest BCUT2D eigenvalue weighted by atomic mass is 32.2. The van der Waals surface area contributed by atoms with Crippen molar-refractivity contribution in [3.05, 3.63) is 89.1 Å². The predicted molar refractivity (Wildman–Crippen MR) is 144 cm³/mol. The fourth-order valence-electron chi connectivity index (χ4n) is 3.75. The van der Waals surface area contributed by atoms with Crippen LogP contribution in [0, 0.1) is 13.8 Å². The Morgan fingerprint density at radius 3 is 2.39 bits per heavy atom. The molecule has 1 N–H and O–H groups in total. The molecule has 0 saturated carbocycles. The minimum absolute atomic E-state index is 0.170. The Hall–Kier alpha value is -4.04. The molecule has 1 unspecified atom stereocenters. The minimum Gasteiger partial charge on any atom is -0.454 e. The number of rotatable bonds is 5. The summed E-state index contributed by atoms with van der Waals surface area (Å²) >= 11 is 1.24. The lowest BCUT2D eigenvalue weighted by atomic mass is 10.1. The number of aliphatic imine (C=N–C) groups is 1. The van der Waals surface area contributed by atoms with E-state index in [4.69, 9.17) is 9.47 Å². The molecule has 3 aromatic rings. The Kier molecular flexibility index (Phi) is 6.52. The van der Waals surface area contributed by atoms with E-state index in [0.29, 0.717) is 22.4 Å². The van der Waals surface area contributed by atoms with Gasteiger partial charge in [-0.25, -0.2) is 4.99 Å². The van der Waals surface area contributed by atoms with Gasteiger partial charge in [-0.3, -0.25) is 14.5 Å². The first kappa shape index (κ1) is 23.7. The third kappa shape index (κ3) is 4.99. The van der Waals surface area contributed by atoms with E-state index in [1.165, 1.54) is 11.8 Å². The summed E-state index contributed by atoms with van der Waals surface area (Å²) in [6.45, 7) is 5.96. The fraction of sp³-hybridized carbons (Fsp3) is 0.179. The van der Waals surface area contributed by atoms with Gasteiger partial charge in [0.2, 0.25) is 12.7 Å². The summed E-state index contributed by atoms with van der Waals surface area (Å²) in [5, 5.41) is 2.89. The summed E-state index contributed by atoms with van der Waals surface area (Å²) in [6.07, 6.45) is 1.72. The topological polar surface area (TPSA) is 80.2 Å². The molecule has 1 atom stereocenters. The number of fused-ring (bicyclic) bond motifs is 1. The lowest BCUT2D eigenvalue weighted by Gasteiger charge is -2.20. The van der Waals surface area contributed by atoms with Crippen molar-refractivity contribution in [2.45, 2.75) is 26.0 Å².